The quantitative estimate of drug-likeness (QED) is 0.347. The number of Topliss-reactive ketones (excluding diaryl/α,β-unsaturated/α-hetero) is 2. The molecule has 3 heteroatoms. The van der Waals surface area contributed by atoms with Crippen molar-refractivity contribution in [2.24, 2.45) is 11.8 Å². The Morgan fingerprint density at radius 3 is 2.09 bits per heavy atom. The Balaban J connectivity index is 1.55. The number of hydrogen-bond donors (Lipinski definition) is 0. The van der Waals surface area contributed by atoms with Gasteiger partial charge in [-0.3, -0.25) is 9.59 Å². The lowest BCUT2D eigenvalue weighted by atomic mass is 9.72. The number of hydrogen-bond acceptors (Lipinski definition) is 3. The van der Waals surface area contributed by atoms with Crippen LogP contribution < -0.4 is 0 Å². The minimum Gasteiger partial charge on any atom is -0.294 e. The van der Waals surface area contributed by atoms with Gasteiger partial charge in [0, 0.05) is 34.5 Å². The molecule has 1 fully saturated rings. The van der Waals surface area contributed by atoms with Crippen molar-refractivity contribution in [3.05, 3.63) is 107 Å². The minimum absolute atomic E-state index is 0.0830. The van der Waals surface area contributed by atoms with Crippen LogP contribution in [-0.4, -0.2) is 16.8 Å². The molecule has 32 heavy (non-hydrogen) atoms. The third-order valence-electron chi connectivity index (χ3n) is 6.46. The Morgan fingerprint density at radius 1 is 0.812 bits per heavy atom. The maximum atomic E-state index is 13.7. The number of ketones is 2. The van der Waals surface area contributed by atoms with Crippen LogP contribution in [0.15, 0.2) is 84.9 Å². The summed E-state index contributed by atoms with van der Waals surface area (Å²) in [6.07, 6.45) is 3.46. The highest BCUT2D eigenvalue weighted by Gasteiger charge is 2.39. The van der Waals surface area contributed by atoms with Crippen molar-refractivity contribution in [3.63, 3.8) is 0 Å². The molecule has 0 aromatic heterocycles. The highest BCUT2D eigenvalue weighted by Crippen LogP contribution is 2.42. The number of rotatable bonds is 8. The first-order chi connectivity index (χ1) is 15.6. The topological polar surface area (TPSA) is 34.1 Å². The number of thioether (sulfide) groups is 1. The summed E-state index contributed by atoms with van der Waals surface area (Å²) in [5.74, 6) is 1.18. The molecule has 0 unspecified atom stereocenters. The summed E-state index contributed by atoms with van der Waals surface area (Å²) in [5.41, 5.74) is 4.05. The molecule has 4 rings (SSSR count). The van der Waals surface area contributed by atoms with E-state index in [9.17, 15) is 9.59 Å². The zero-order valence-corrected chi connectivity index (χ0v) is 19.4. The third-order valence-corrected chi connectivity index (χ3v) is 7.92. The molecule has 1 saturated carbocycles. The fourth-order valence-electron chi connectivity index (χ4n) is 4.71. The van der Waals surface area contributed by atoms with Crippen LogP contribution in [0.1, 0.15) is 57.5 Å². The van der Waals surface area contributed by atoms with Gasteiger partial charge in [-0.2, -0.15) is 11.8 Å². The van der Waals surface area contributed by atoms with E-state index < -0.39 is 0 Å². The molecule has 2 nitrogen and oxygen atoms in total. The molecular formula is C29H30O2S. The van der Waals surface area contributed by atoms with Crippen molar-refractivity contribution in [3.8, 4) is 0 Å². The first-order valence-corrected chi connectivity index (χ1v) is 12.5. The first-order valence-electron chi connectivity index (χ1n) is 11.5. The lowest BCUT2D eigenvalue weighted by molar-refractivity contribution is 0.0793. The van der Waals surface area contributed by atoms with Gasteiger partial charge in [0.05, 0.1) is 0 Å². The molecule has 1 aliphatic carbocycles. The molecule has 0 radical (unpaired) electrons. The molecular weight excluding hydrogens is 412 g/mol. The Hall–Kier alpha value is -2.65. The summed E-state index contributed by atoms with van der Waals surface area (Å²) < 4.78 is 0. The summed E-state index contributed by atoms with van der Waals surface area (Å²) in [7, 11) is 0. The van der Waals surface area contributed by atoms with E-state index in [2.05, 4.69) is 31.2 Å². The highest BCUT2D eigenvalue weighted by atomic mass is 32.2. The molecule has 0 heterocycles. The maximum absolute atomic E-state index is 13.7. The van der Waals surface area contributed by atoms with E-state index in [4.69, 9.17) is 0 Å². The molecule has 3 aromatic rings. The average Bonchev–Trinajstić information content (AvgIpc) is 2.84. The second-order valence-electron chi connectivity index (χ2n) is 8.78. The van der Waals surface area contributed by atoms with Crippen molar-refractivity contribution < 1.29 is 9.59 Å². The van der Waals surface area contributed by atoms with Crippen molar-refractivity contribution in [1.29, 1.82) is 0 Å². The fraction of sp³-hybridized carbons (Fsp3) is 0.310. The van der Waals surface area contributed by atoms with Crippen LogP contribution in [0.2, 0.25) is 0 Å². The maximum Gasteiger partial charge on any atom is 0.167 e. The van der Waals surface area contributed by atoms with E-state index in [0.29, 0.717) is 6.42 Å². The molecule has 0 bridgehead atoms. The molecule has 0 amide bonds. The van der Waals surface area contributed by atoms with E-state index >= 15 is 0 Å². The number of benzene rings is 3. The number of carbonyl (C=O) groups is 2. The molecule has 0 saturated heterocycles. The summed E-state index contributed by atoms with van der Waals surface area (Å²) >= 11 is 1.88. The van der Waals surface area contributed by atoms with Crippen molar-refractivity contribution in [2.45, 2.75) is 43.6 Å². The van der Waals surface area contributed by atoms with Gasteiger partial charge < -0.3 is 0 Å². The second-order valence-corrected chi connectivity index (χ2v) is 10.0. The summed E-state index contributed by atoms with van der Waals surface area (Å²) in [4.78, 5) is 26.7. The lowest BCUT2D eigenvalue weighted by Crippen LogP contribution is -2.38. The smallest absolute Gasteiger partial charge is 0.167 e. The lowest BCUT2D eigenvalue weighted by Gasteiger charge is -2.37. The van der Waals surface area contributed by atoms with Crippen LogP contribution in [0, 0.1) is 18.8 Å². The molecule has 0 N–H and O–H groups in total. The monoisotopic (exact) mass is 442 g/mol. The first kappa shape index (κ1) is 22.5. The highest BCUT2D eigenvalue weighted by molar-refractivity contribution is 7.99. The average molecular weight is 443 g/mol. The molecule has 0 spiro atoms. The summed E-state index contributed by atoms with van der Waals surface area (Å²) in [6, 6.07) is 27.7. The second kappa shape index (κ2) is 10.8. The Kier molecular flexibility index (Phi) is 7.59. The van der Waals surface area contributed by atoms with Crippen molar-refractivity contribution in [1.82, 2.24) is 0 Å². The predicted molar refractivity (Wildman–Crippen MR) is 133 cm³/mol. The van der Waals surface area contributed by atoms with Gasteiger partial charge in [0.25, 0.3) is 0 Å². The van der Waals surface area contributed by atoms with Gasteiger partial charge in [0.1, 0.15) is 0 Å². The Morgan fingerprint density at radius 2 is 1.44 bits per heavy atom. The number of carbonyl (C=O) groups excluding carboxylic acids is 2. The van der Waals surface area contributed by atoms with E-state index in [-0.39, 0.29) is 28.7 Å². The zero-order valence-electron chi connectivity index (χ0n) is 18.6. The summed E-state index contributed by atoms with van der Waals surface area (Å²) in [5, 5.41) is 0.228. The predicted octanol–water partition coefficient (Wildman–Crippen LogP) is 7.17. The van der Waals surface area contributed by atoms with Crippen LogP contribution in [0.5, 0.6) is 0 Å². The normalized spacial score (nSPS) is 20.6. The Bertz CT molecular complexity index is 1030. The van der Waals surface area contributed by atoms with Gasteiger partial charge in [-0.15, -0.1) is 0 Å². The fourth-order valence-corrected chi connectivity index (χ4v) is 6.19. The standard InChI is InChI=1S/C29H30O2S/c1-21-15-17-22(18-16-21)20-32-27-14-8-13-25(19-26(30)23-9-4-2-5-10-23)28(27)29(31)24-11-6-3-7-12-24/h2-7,9-12,15-18,25,27-28H,8,13-14,19-20H2,1H3/t25-,27-,28-/m1/s1. The SMILES string of the molecule is Cc1ccc(CS[C@@H]2CCC[C@H](CC(=O)c3ccccc3)[C@H]2C(=O)c2ccccc2)cc1. The largest absolute Gasteiger partial charge is 0.294 e. The van der Waals surface area contributed by atoms with Gasteiger partial charge in [0.2, 0.25) is 0 Å². The van der Waals surface area contributed by atoms with Crippen LogP contribution in [0.3, 0.4) is 0 Å². The van der Waals surface area contributed by atoms with Gasteiger partial charge in [0.15, 0.2) is 11.6 Å². The van der Waals surface area contributed by atoms with Crippen LogP contribution >= 0.6 is 11.8 Å². The van der Waals surface area contributed by atoms with Gasteiger partial charge >= 0.3 is 0 Å². The summed E-state index contributed by atoms with van der Waals surface area (Å²) in [6.45, 7) is 2.10. The van der Waals surface area contributed by atoms with Crippen LogP contribution in [0.4, 0.5) is 0 Å². The molecule has 3 aromatic carbocycles. The number of aryl methyl sites for hydroxylation is 1. The molecule has 3 atom stereocenters. The zero-order chi connectivity index (χ0) is 22.3. The van der Waals surface area contributed by atoms with Crippen LogP contribution in [-0.2, 0) is 5.75 Å². The van der Waals surface area contributed by atoms with Gasteiger partial charge in [-0.05, 0) is 31.2 Å². The van der Waals surface area contributed by atoms with Crippen molar-refractivity contribution >= 4 is 23.3 Å². The van der Waals surface area contributed by atoms with E-state index in [1.54, 1.807) is 0 Å². The van der Waals surface area contributed by atoms with E-state index in [1.165, 1.54) is 11.1 Å². The van der Waals surface area contributed by atoms with E-state index in [0.717, 1.165) is 36.1 Å². The third kappa shape index (κ3) is 5.58. The molecule has 164 valence electrons. The van der Waals surface area contributed by atoms with E-state index in [1.807, 2.05) is 72.4 Å². The molecule has 0 aliphatic heterocycles. The van der Waals surface area contributed by atoms with Gasteiger partial charge in [-0.25, -0.2) is 0 Å². The van der Waals surface area contributed by atoms with Crippen molar-refractivity contribution in [2.75, 3.05) is 0 Å². The minimum atomic E-state index is -0.130. The van der Waals surface area contributed by atoms with Gasteiger partial charge in [-0.1, -0.05) is 96.9 Å². The molecule has 1 aliphatic rings. The van der Waals surface area contributed by atoms with Crippen LogP contribution in [0.25, 0.3) is 0 Å². The Labute approximate surface area is 195 Å².